The Balaban J connectivity index is 0.743. The van der Waals surface area contributed by atoms with Gasteiger partial charge < -0.3 is 28.7 Å². The smallest absolute Gasteiger partial charge is 0.119 e. The fraction of sp³-hybridized carbons (Fsp3) is 0.120. The number of fused-ring (bicyclic) bond motifs is 6. The zero-order valence-corrected chi connectivity index (χ0v) is 62.5. The maximum absolute atomic E-state index is 6.31. The highest BCUT2D eigenvalue weighted by molar-refractivity contribution is 7.98. The summed E-state index contributed by atoms with van der Waals surface area (Å²) in [6.07, 6.45) is 5.41. The van der Waals surface area contributed by atoms with Crippen molar-refractivity contribution in [1.29, 1.82) is 0 Å². The van der Waals surface area contributed by atoms with Crippen molar-refractivity contribution < 1.29 is 18.9 Å². The Labute approximate surface area is 644 Å². The maximum Gasteiger partial charge on any atom is 0.119 e. The molecule has 8 heteroatoms. The summed E-state index contributed by atoms with van der Waals surface area (Å²) in [6.45, 7) is 10.4. The predicted molar refractivity (Wildman–Crippen MR) is 452 cm³/mol. The quantitative estimate of drug-likeness (QED) is 0.0339. The van der Waals surface area contributed by atoms with E-state index in [9.17, 15) is 0 Å². The SMILES string of the molecule is C=Cc1ccc(CSc2ccc(C3(c4ccc(OCCCOC)cc4)c4ccccc4-c4ccc(N(c5ccccc5)c5ccc(-c6ccc(N(c7ccccc7)c7ccc8c(c7)C(c7ccc(OCCCOC)cc7)(c7ccc(SCc9ccc(C=C)cc9)cc7)c7ccccc7-8)cc6)cc5)cc43)cc2)cc1. The summed E-state index contributed by atoms with van der Waals surface area (Å²) in [5, 5.41) is 0. The summed E-state index contributed by atoms with van der Waals surface area (Å²) in [6, 6.07) is 125. The molecule has 0 N–H and O–H groups in total. The summed E-state index contributed by atoms with van der Waals surface area (Å²) >= 11 is 3.71. The van der Waals surface area contributed by atoms with E-state index >= 15 is 0 Å². The van der Waals surface area contributed by atoms with Crippen LogP contribution in [-0.2, 0) is 31.8 Å². The molecule has 0 heterocycles. The minimum Gasteiger partial charge on any atom is -0.494 e. The van der Waals surface area contributed by atoms with E-state index in [0.29, 0.717) is 26.4 Å². The van der Waals surface area contributed by atoms with Gasteiger partial charge in [-0.2, -0.15) is 0 Å². The van der Waals surface area contributed by atoms with Gasteiger partial charge in [-0.05, 0) is 221 Å². The number of methoxy groups -OCH3 is 2. The molecule has 0 bridgehead atoms. The van der Waals surface area contributed by atoms with Crippen molar-refractivity contribution in [3.05, 3.63) is 420 Å². The highest BCUT2D eigenvalue weighted by atomic mass is 32.2. The van der Waals surface area contributed by atoms with Gasteiger partial charge in [-0.3, -0.25) is 0 Å². The molecule has 530 valence electrons. The predicted octanol–water partition coefficient (Wildman–Crippen LogP) is 25.7. The first-order chi connectivity index (χ1) is 53.3. The Bertz CT molecular complexity index is 5080. The van der Waals surface area contributed by atoms with E-state index in [2.05, 4.69) is 363 Å². The number of thioether (sulfide) groups is 2. The summed E-state index contributed by atoms with van der Waals surface area (Å²) in [7, 11) is 3.46. The van der Waals surface area contributed by atoms with Crippen molar-refractivity contribution in [3.63, 3.8) is 0 Å². The van der Waals surface area contributed by atoms with Crippen molar-refractivity contribution in [2.75, 3.05) is 50.4 Å². The molecule has 16 rings (SSSR count). The van der Waals surface area contributed by atoms with Gasteiger partial charge in [-0.25, -0.2) is 0 Å². The van der Waals surface area contributed by atoms with E-state index in [-0.39, 0.29) is 0 Å². The Morgan fingerprint density at radius 3 is 0.991 bits per heavy atom. The molecule has 0 amide bonds. The van der Waals surface area contributed by atoms with Gasteiger partial charge in [0.2, 0.25) is 0 Å². The number of benzene rings is 14. The summed E-state index contributed by atoms with van der Waals surface area (Å²) in [4.78, 5) is 7.23. The molecule has 2 unspecified atom stereocenters. The highest BCUT2D eigenvalue weighted by Crippen LogP contribution is 2.60. The minimum absolute atomic E-state index is 0.576. The van der Waals surface area contributed by atoms with Crippen LogP contribution in [0.2, 0.25) is 0 Å². The van der Waals surface area contributed by atoms with Gasteiger partial charge in [0, 0.05) is 95.7 Å². The second-order valence-corrected chi connectivity index (χ2v) is 29.5. The van der Waals surface area contributed by atoms with Crippen molar-refractivity contribution in [2.45, 2.75) is 45.0 Å². The van der Waals surface area contributed by atoms with Crippen molar-refractivity contribution in [3.8, 4) is 44.9 Å². The third-order valence-electron chi connectivity index (χ3n) is 21.1. The number of hydrogen-bond acceptors (Lipinski definition) is 8. The van der Waals surface area contributed by atoms with Gasteiger partial charge in [0.05, 0.1) is 24.0 Å². The lowest BCUT2D eigenvalue weighted by Crippen LogP contribution is -2.28. The number of rotatable bonds is 29. The third-order valence-corrected chi connectivity index (χ3v) is 23.3. The van der Waals surface area contributed by atoms with Crippen LogP contribution in [0.25, 0.3) is 45.5 Å². The molecule has 0 spiro atoms. The molecule has 2 atom stereocenters. The van der Waals surface area contributed by atoms with E-state index in [0.717, 1.165) is 92.2 Å². The van der Waals surface area contributed by atoms with Crippen LogP contribution in [0.4, 0.5) is 34.1 Å². The van der Waals surface area contributed by atoms with Gasteiger partial charge in [0.15, 0.2) is 0 Å². The maximum atomic E-state index is 6.31. The fourth-order valence-corrected chi connectivity index (χ4v) is 17.6. The highest BCUT2D eigenvalue weighted by Gasteiger charge is 2.48. The molecule has 0 aromatic heterocycles. The monoisotopic (exact) mass is 1440 g/mol. The van der Waals surface area contributed by atoms with Gasteiger partial charge >= 0.3 is 0 Å². The van der Waals surface area contributed by atoms with E-state index in [1.807, 2.05) is 35.7 Å². The zero-order valence-electron chi connectivity index (χ0n) is 60.9. The Morgan fingerprint density at radius 2 is 0.630 bits per heavy atom. The Kier molecular flexibility index (Phi) is 21.1. The van der Waals surface area contributed by atoms with Gasteiger partial charge in [0.1, 0.15) is 11.5 Å². The summed E-state index contributed by atoms with van der Waals surface area (Å²) in [5.41, 5.74) is 26.5. The van der Waals surface area contributed by atoms with Crippen LogP contribution in [0.15, 0.2) is 363 Å². The van der Waals surface area contributed by atoms with E-state index in [4.69, 9.17) is 18.9 Å². The average molecular weight is 1440 g/mol. The fourth-order valence-electron chi connectivity index (χ4n) is 15.9. The molecule has 14 aromatic carbocycles. The molecule has 14 aromatic rings. The first-order valence-corrected chi connectivity index (χ1v) is 39.1. The third kappa shape index (κ3) is 14.0. The van der Waals surface area contributed by atoms with Crippen LogP contribution in [0.1, 0.15) is 79.6 Å². The van der Waals surface area contributed by atoms with Crippen molar-refractivity contribution in [1.82, 2.24) is 0 Å². The van der Waals surface area contributed by atoms with E-state index < -0.39 is 10.8 Å². The molecule has 108 heavy (non-hydrogen) atoms. The van der Waals surface area contributed by atoms with Gasteiger partial charge in [-0.15, -0.1) is 23.5 Å². The second-order valence-electron chi connectivity index (χ2n) is 27.4. The molecule has 0 saturated carbocycles. The Morgan fingerprint density at radius 1 is 0.306 bits per heavy atom. The second kappa shape index (κ2) is 32.2. The van der Waals surface area contributed by atoms with Gasteiger partial charge in [0.25, 0.3) is 0 Å². The summed E-state index contributed by atoms with van der Waals surface area (Å²) < 4.78 is 23.3. The van der Waals surface area contributed by atoms with Crippen LogP contribution >= 0.6 is 23.5 Å². The number of hydrogen-bond donors (Lipinski definition) is 0. The molecule has 2 aliphatic carbocycles. The Hall–Kier alpha value is -11.6. The topological polar surface area (TPSA) is 43.4 Å². The van der Waals surface area contributed by atoms with Crippen LogP contribution in [0.3, 0.4) is 0 Å². The van der Waals surface area contributed by atoms with Gasteiger partial charge in [-0.1, -0.05) is 244 Å². The standard InChI is InChI=1S/C100H84N2O4S2/c1-5-71-27-31-73(32-28-71)69-107-89-57-43-79(44-58-89)99(77-39-53-87(54-40-77)105-65-17-63-103-3)95-25-15-13-23-91(95)93-61-51-85(67-97(93)99)101(81-19-9-7-10-20-81)83-47-35-75(36-48-83)76-37-49-84(50-38-76)102(82-21-11-8-12-22-82)86-52-62-94-92-24-14-16-26-96(92)100(98(94)68-86,78-41-55-88(56-42-78)106-66-18-64-104-4)80-45-59-90(60-46-80)108-70-74-33-29-72(6-2)30-34-74/h5-16,19-62,67-68H,1-2,17-18,63-66,69-70H2,3-4H3. The van der Waals surface area contributed by atoms with E-state index in [1.54, 1.807) is 14.2 Å². The first kappa shape index (κ1) is 70.7. The molecule has 0 fully saturated rings. The lowest BCUT2D eigenvalue weighted by Gasteiger charge is -2.35. The molecule has 2 aliphatic rings. The number of ether oxygens (including phenoxy) is 4. The van der Waals surface area contributed by atoms with Crippen LogP contribution in [0.5, 0.6) is 11.5 Å². The summed E-state index contributed by atoms with van der Waals surface area (Å²) in [5.74, 6) is 3.40. The van der Waals surface area contributed by atoms with Crippen LogP contribution in [0, 0.1) is 0 Å². The number of anilines is 6. The lowest BCUT2D eigenvalue weighted by atomic mass is 9.67. The average Bonchev–Trinajstić information content (AvgIpc) is 1.56. The number of para-hydroxylation sites is 2. The zero-order chi connectivity index (χ0) is 73.2. The van der Waals surface area contributed by atoms with E-state index in [1.165, 1.54) is 87.7 Å². The minimum atomic E-state index is -0.675. The largest absolute Gasteiger partial charge is 0.494 e. The number of nitrogens with zero attached hydrogens (tertiary/aromatic N) is 2. The first-order valence-electron chi connectivity index (χ1n) is 37.1. The normalized spacial score (nSPS) is 14.4. The molecule has 0 saturated heterocycles. The van der Waals surface area contributed by atoms with Crippen molar-refractivity contribution >= 4 is 69.8 Å². The van der Waals surface area contributed by atoms with Crippen LogP contribution < -0.4 is 19.3 Å². The molecule has 0 radical (unpaired) electrons. The molecular weight excluding hydrogens is 1360 g/mol. The van der Waals surface area contributed by atoms with Crippen LogP contribution in [-0.4, -0.2) is 40.6 Å². The van der Waals surface area contributed by atoms with Crippen molar-refractivity contribution in [2.24, 2.45) is 0 Å². The molecular formula is C100H84N2O4S2. The molecule has 0 aliphatic heterocycles. The lowest BCUT2D eigenvalue weighted by molar-refractivity contribution is 0.172. The molecule has 6 nitrogen and oxygen atoms in total.